The van der Waals surface area contributed by atoms with E-state index < -0.39 is 0 Å². The Hall–Kier alpha value is -9.12. The van der Waals surface area contributed by atoms with E-state index in [-0.39, 0.29) is 32.5 Å². The zero-order valence-corrected chi connectivity index (χ0v) is 57.2. The van der Waals surface area contributed by atoms with Gasteiger partial charge in [0.1, 0.15) is 0 Å². The van der Waals surface area contributed by atoms with Crippen molar-refractivity contribution in [1.29, 1.82) is 0 Å². The van der Waals surface area contributed by atoms with Crippen molar-refractivity contribution in [1.82, 2.24) is 19.9 Å². The highest BCUT2D eigenvalue weighted by molar-refractivity contribution is 6.26. The van der Waals surface area contributed by atoms with Gasteiger partial charge in [0.05, 0.1) is 22.8 Å². The third-order valence-corrected chi connectivity index (χ3v) is 20.0. The monoisotopic (exact) mass is 1200 g/mol. The topological polar surface area (TPSA) is 57.4 Å². The average Bonchev–Trinajstić information content (AvgIpc) is 1.33. The van der Waals surface area contributed by atoms with Gasteiger partial charge in [-0.05, 0) is 226 Å². The number of nitrogens with one attached hydrogen (secondary N) is 2. The summed E-state index contributed by atoms with van der Waals surface area (Å²) >= 11 is 0. The van der Waals surface area contributed by atoms with Gasteiger partial charge in [-0.15, -0.1) is 0 Å². The number of benzene rings is 10. The lowest BCUT2D eigenvalue weighted by Gasteiger charge is -2.26. The normalized spacial score (nSPS) is 13.7. The van der Waals surface area contributed by atoms with Crippen LogP contribution in [-0.2, 0) is 32.5 Å². The molecule has 0 atom stereocenters. The SMILES string of the molecule is CC(C)(C)c1cc(-c2c3nc(c(-c4cc5ccc6cc(C(C)(C)C)cc7ccc(c4)c5c67)c4ccc([nH]4)c(-c4cc(C(C)(C)C)cc(C(C)(C)C)c4)c4nc(c(-c5cc6ccc7cc(C(C)(C)C)cc8ccc(c5)c6c78)c5ccc2[nH]5)C=C4)C=C3)cc(C(C)(C)C)c1. The number of hydrogen-bond acceptors (Lipinski definition) is 2. The van der Waals surface area contributed by atoms with Crippen molar-refractivity contribution in [3.8, 4) is 44.5 Å². The molecule has 8 bridgehead atoms. The van der Waals surface area contributed by atoms with Gasteiger partial charge < -0.3 is 9.97 Å². The molecule has 458 valence electrons. The smallest absolute Gasteiger partial charge is 0.0737 e. The van der Waals surface area contributed by atoms with Gasteiger partial charge in [0.2, 0.25) is 0 Å². The summed E-state index contributed by atoms with van der Waals surface area (Å²) in [6.07, 6.45) is 9.03. The minimum atomic E-state index is -0.120. The van der Waals surface area contributed by atoms with Gasteiger partial charge in [-0.3, -0.25) is 0 Å². The summed E-state index contributed by atoms with van der Waals surface area (Å²) in [5.74, 6) is 0. The van der Waals surface area contributed by atoms with Crippen LogP contribution in [0.1, 0.15) is 181 Å². The van der Waals surface area contributed by atoms with Crippen molar-refractivity contribution in [2.24, 2.45) is 0 Å². The van der Waals surface area contributed by atoms with E-state index in [2.05, 4.69) is 317 Å². The first kappa shape index (κ1) is 59.2. The van der Waals surface area contributed by atoms with E-state index in [1.165, 1.54) is 98.0 Å². The summed E-state index contributed by atoms with van der Waals surface area (Å²) in [4.78, 5) is 20.2. The number of fused-ring (bicyclic) bond motifs is 8. The van der Waals surface area contributed by atoms with Crippen LogP contribution in [0.2, 0.25) is 0 Å². The summed E-state index contributed by atoms with van der Waals surface area (Å²) in [5.41, 5.74) is 23.5. The van der Waals surface area contributed by atoms with E-state index >= 15 is 0 Å². The number of aromatic nitrogens is 4. The van der Waals surface area contributed by atoms with Crippen molar-refractivity contribution in [2.75, 3.05) is 0 Å². The van der Waals surface area contributed by atoms with Crippen LogP contribution < -0.4 is 0 Å². The molecule has 10 aromatic carbocycles. The molecule has 13 aromatic rings. The van der Waals surface area contributed by atoms with Crippen LogP contribution >= 0.6 is 0 Å². The fraction of sp³-hybridized carbons (Fsp3) is 0.273. The molecule has 15 rings (SSSR count). The van der Waals surface area contributed by atoms with E-state index in [0.29, 0.717) is 0 Å². The Morgan fingerprint density at radius 2 is 0.402 bits per heavy atom. The van der Waals surface area contributed by atoms with E-state index in [9.17, 15) is 0 Å². The minimum Gasteiger partial charge on any atom is -0.354 e. The van der Waals surface area contributed by atoms with Crippen LogP contribution in [0.4, 0.5) is 0 Å². The molecule has 3 aromatic heterocycles. The van der Waals surface area contributed by atoms with Crippen LogP contribution in [0.15, 0.2) is 158 Å². The first-order valence-corrected chi connectivity index (χ1v) is 33.3. The molecule has 0 amide bonds. The molecule has 0 spiro atoms. The lowest BCUT2D eigenvalue weighted by molar-refractivity contribution is 0.568. The van der Waals surface area contributed by atoms with Crippen molar-refractivity contribution < 1.29 is 0 Å². The van der Waals surface area contributed by atoms with E-state index in [4.69, 9.17) is 9.97 Å². The van der Waals surface area contributed by atoms with Crippen molar-refractivity contribution in [3.05, 3.63) is 214 Å². The summed E-state index contributed by atoms with van der Waals surface area (Å²) in [5, 5.41) is 15.2. The molecule has 0 unspecified atom stereocenters. The van der Waals surface area contributed by atoms with Gasteiger partial charge >= 0.3 is 0 Å². The average molecular weight is 1200 g/mol. The quantitative estimate of drug-likeness (QED) is 0.173. The highest BCUT2D eigenvalue weighted by Crippen LogP contribution is 2.47. The molecule has 0 fully saturated rings. The maximum Gasteiger partial charge on any atom is 0.0737 e. The summed E-state index contributed by atoms with van der Waals surface area (Å²) < 4.78 is 0. The predicted octanol–water partition coefficient (Wildman–Crippen LogP) is 24.9. The number of hydrogen-bond donors (Lipinski definition) is 2. The van der Waals surface area contributed by atoms with E-state index in [1.54, 1.807) is 0 Å². The molecule has 0 saturated heterocycles. The van der Waals surface area contributed by atoms with Gasteiger partial charge in [-0.25, -0.2) is 9.97 Å². The summed E-state index contributed by atoms with van der Waals surface area (Å²) in [6.45, 7) is 41.8. The first-order chi connectivity index (χ1) is 43.3. The van der Waals surface area contributed by atoms with Crippen LogP contribution in [-0.4, -0.2) is 19.9 Å². The standard InChI is InChI=1S/C88H86N4/c1-83(2,3)61-39-53-23-19-49-35-57(36-50-20-24-54(40-61)77(53)75(49)50)79-67-27-31-71(89-67)81(59-43-63(85(7,8)9)47-64(44-59)86(10,11)12)73-33-29-69(91-73)80(58-37-51-21-25-55-41-62(84(4,5)6)42-56-26-22-52(38-58)76(51)78(55)56)70-30-34-74(92-70)82(72-32-28-68(79)90-72)60-45-65(87(13,14)15)48-66(46-60)88(16,17)18/h19-48,89,92H,1-18H3. The van der Waals surface area contributed by atoms with Crippen molar-refractivity contribution in [3.63, 3.8) is 0 Å². The maximum atomic E-state index is 5.92. The molecule has 2 aliphatic rings. The Morgan fingerprint density at radius 1 is 0.217 bits per heavy atom. The molecule has 0 radical (unpaired) electrons. The molecule has 4 nitrogen and oxygen atoms in total. The molecular weight excluding hydrogens is 1110 g/mol. The third-order valence-electron chi connectivity index (χ3n) is 20.0. The van der Waals surface area contributed by atoms with Crippen LogP contribution in [0, 0.1) is 0 Å². The highest BCUT2D eigenvalue weighted by Gasteiger charge is 2.28. The van der Waals surface area contributed by atoms with Gasteiger partial charge in [-0.1, -0.05) is 234 Å². The van der Waals surface area contributed by atoms with Crippen LogP contribution in [0.5, 0.6) is 0 Å². The highest BCUT2D eigenvalue weighted by atomic mass is 14.8. The van der Waals surface area contributed by atoms with Gasteiger partial charge in [0.25, 0.3) is 0 Å². The number of aromatic amines is 2. The Labute approximate surface area is 543 Å². The molecular formula is C88H86N4. The molecule has 5 heterocycles. The van der Waals surface area contributed by atoms with E-state index in [0.717, 1.165) is 89.4 Å². The van der Waals surface area contributed by atoms with Gasteiger partial charge in [0, 0.05) is 44.3 Å². The molecule has 92 heavy (non-hydrogen) atoms. The number of H-pyrrole nitrogens is 2. The summed E-state index contributed by atoms with van der Waals surface area (Å²) in [7, 11) is 0. The Morgan fingerprint density at radius 3 is 0.609 bits per heavy atom. The molecule has 4 heteroatoms. The second kappa shape index (κ2) is 20.2. The minimum absolute atomic E-state index is 0.0256. The second-order valence-corrected chi connectivity index (χ2v) is 33.1. The largest absolute Gasteiger partial charge is 0.354 e. The fourth-order valence-corrected chi connectivity index (χ4v) is 14.5. The Bertz CT molecular complexity index is 4950. The van der Waals surface area contributed by atoms with Crippen LogP contribution in [0.3, 0.4) is 0 Å². The Balaban J connectivity index is 1.09. The molecule has 0 aliphatic carbocycles. The number of nitrogens with zero attached hydrogens (tertiary/aromatic N) is 2. The van der Waals surface area contributed by atoms with E-state index in [1.807, 2.05) is 0 Å². The zero-order chi connectivity index (χ0) is 64.7. The molecule has 2 N–H and O–H groups in total. The first-order valence-electron chi connectivity index (χ1n) is 33.3. The molecule has 2 aliphatic heterocycles. The lowest BCUT2D eigenvalue weighted by atomic mass is 9.78. The third kappa shape index (κ3) is 10.0. The van der Waals surface area contributed by atoms with Crippen LogP contribution in [0.25, 0.3) is 156 Å². The fourth-order valence-electron chi connectivity index (χ4n) is 14.5. The van der Waals surface area contributed by atoms with Crippen molar-refractivity contribution in [2.45, 2.75) is 157 Å². The summed E-state index contributed by atoms with van der Waals surface area (Å²) in [6, 6.07) is 61.5. The lowest BCUT2D eigenvalue weighted by Crippen LogP contribution is -2.16. The Kier molecular flexibility index (Phi) is 13.0. The van der Waals surface area contributed by atoms with Gasteiger partial charge in [-0.2, -0.15) is 0 Å². The second-order valence-electron chi connectivity index (χ2n) is 33.1. The van der Waals surface area contributed by atoms with Crippen molar-refractivity contribution >= 4 is 111 Å². The molecule has 0 saturated carbocycles. The maximum absolute atomic E-state index is 5.92. The zero-order valence-electron chi connectivity index (χ0n) is 57.2. The number of rotatable bonds is 4. The van der Waals surface area contributed by atoms with Gasteiger partial charge in [0.15, 0.2) is 0 Å². The predicted molar refractivity (Wildman–Crippen MR) is 400 cm³/mol.